The first-order chi connectivity index (χ1) is 15.2. The molecule has 8 heteroatoms. The molecular weight excluding hydrogens is 410 g/mol. The monoisotopic (exact) mass is 431 g/mol. The number of pyridine rings is 1. The van der Waals surface area contributed by atoms with Crippen molar-refractivity contribution in [3.8, 4) is 0 Å². The molecule has 4 aromatic rings. The minimum atomic E-state index is -0.145. The second-order valence-corrected chi connectivity index (χ2v) is 8.17. The number of ether oxygens (including phenoxy) is 1. The first-order valence-corrected chi connectivity index (χ1v) is 10.9. The van der Waals surface area contributed by atoms with Crippen LogP contribution in [0.1, 0.15) is 10.4 Å². The molecule has 3 heterocycles. The highest BCUT2D eigenvalue weighted by Gasteiger charge is 2.13. The number of fused-ring (bicyclic) bond motifs is 1. The third-order valence-electron chi connectivity index (χ3n) is 5.05. The van der Waals surface area contributed by atoms with E-state index in [1.54, 1.807) is 12.3 Å². The van der Waals surface area contributed by atoms with E-state index < -0.39 is 0 Å². The summed E-state index contributed by atoms with van der Waals surface area (Å²) in [5.74, 6) is 0.591. The SMILES string of the molecule is O=C(Nc1ccc(N2CCOCC2)cc1)c1ccc2nc(Nc3ccccn3)sc2c1. The van der Waals surface area contributed by atoms with E-state index in [9.17, 15) is 4.79 Å². The van der Waals surface area contributed by atoms with Gasteiger partial charge in [-0.3, -0.25) is 4.79 Å². The number of thiazole rings is 1. The third-order valence-corrected chi connectivity index (χ3v) is 5.99. The molecule has 156 valence electrons. The largest absolute Gasteiger partial charge is 0.378 e. The average molecular weight is 432 g/mol. The molecule has 0 radical (unpaired) electrons. The highest BCUT2D eigenvalue weighted by atomic mass is 32.1. The van der Waals surface area contributed by atoms with Crippen molar-refractivity contribution in [1.82, 2.24) is 9.97 Å². The van der Waals surface area contributed by atoms with Crippen LogP contribution in [0.4, 0.5) is 22.3 Å². The normalized spacial score (nSPS) is 13.9. The Morgan fingerprint density at radius 2 is 1.87 bits per heavy atom. The first-order valence-electron chi connectivity index (χ1n) is 10.1. The molecule has 2 aromatic carbocycles. The van der Waals surface area contributed by atoms with Gasteiger partial charge in [-0.15, -0.1) is 0 Å². The number of hydrogen-bond donors (Lipinski definition) is 2. The van der Waals surface area contributed by atoms with Crippen LogP contribution >= 0.6 is 11.3 Å². The van der Waals surface area contributed by atoms with Gasteiger partial charge in [0.15, 0.2) is 5.13 Å². The van der Waals surface area contributed by atoms with Gasteiger partial charge in [-0.1, -0.05) is 17.4 Å². The van der Waals surface area contributed by atoms with E-state index in [2.05, 4.69) is 25.5 Å². The third kappa shape index (κ3) is 4.50. The lowest BCUT2D eigenvalue weighted by Gasteiger charge is -2.28. The van der Waals surface area contributed by atoms with Gasteiger partial charge in [0.1, 0.15) is 5.82 Å². The summed E-state index contributed by atoms with van der Waals surface area (Å²) >= 11 is 1.49. The number of carbonyl (C=O) groups excluding carboxylic acids is 1. The summed E-state index contributed by atoms with van der Waals surface area (Å²) in [5, 5.41) is 6.91. The van der Waals surface area contributed by atoms with Crippen LogP contribution < -0.4 is 15.5 Å². The molecule has 2 N–H and O–H groups in total. The fourth-order valence-electron chi connectivity index (χ4n) is 3.45. The van der Waals surface area contributed by atoms with Crippen LogP contribution in [0.5, 0.6) is 0 Å². The van der Waals surface area contributed by atoms with Crippen LogP contribution in [0.3, 0.4) is 0 Å². The molecule has 0 bridgehead atoms. The summed E-state index contributed by atoms with van der Waals surface area (Å²) < 4.78 is 6.34. The molecule has 0 saturated carbocycles. The highest BCUT2D eigenvalue weighted by molar-refractivity contribution is 7.22. The maximum absolute atomic E-state index is 12.8. The molecule has 1 amide bonds. The van der Waals surface area contributed by atoms with Crippen molar-refractivity contribution < 1.29 is 9.53 Å². The Kier molecular flexibility index (Phi) is 5.47. The molecule has 1 aliphatic heterocycles. The minimum Gasteiger partial charge on any atom is -0.378 e. The fourth-order valence-corrected chi connectivity index (χ4v) is 4.36. The number of nitrogens with zero attached hydrogens (tertiary/aromatic N) is 3. The van der Waals surface area contributed by atoms with Crippen LogP contribution in [-0.2, 0) is 4.74 Å². The molecule has 7 nitrogen and oxygen atoms in total. The Labute approximate surface area is 183 Å². The second-order valence-electron chi connectivity index (χ2n) is 7.14. The van der Waals surface area contributed by atoms with Gasteiger partial charge in [-0.05, 0) is 54.6 Å². The summed E-state index contributed by atoms with van der Waals surface area (Å²) in [5.41, 5.74) is 3.34. The summed E-state index contributed by atoms with van der Waals surface area (Å²) in [4.78, 5) is 23.9. The summed E-state index contributed by atoms with van der Waals surface area (Å²) in [6, 6.07) is 19.1. The molecule has 0 aliphatic carbocycles. The molecule has 31 heavy (non-hydrogen) atoms. The molecule has 1 fully saturated rings. The standard InChI is InChI=1S/C23H21N5O2S/c29-22(25-17-5-7-18(8-6-17)28-11-13-30-14-12-28)16-4-9-19-20(15-16)31-23(26-19)27-21-3-1-2-10-24-21/h1-10,15H,11-14H2,(H,25,29)(H,24,26,27). The minimum absolute atomic E-state index is 0.145. The number of aromatic nitrogens is 2. The van der Waals surface area contributed by atoms with Crippen molar-refractivity contribution in [3.63, 3.8) is 0 Å². The summed E-state index contributed by atoms with van der Waals surface area (Å²) in [7, 11) is 0. The summed E-state index contributed by atoms with van der Waals surface area (Å²) in [6.07, 6.45) is 1.73. The fraction of sp³-hybridized carbons (Fsp3) is 0.174. The molecule has 1 aliphatic rings. The Morgan fingerprint density at radius 1 is 1.03 bits per heavy atom. The quantitative estimate of drug-likeness (QED) is 0.484. The predicted molar refractivity (Wildman–Crippen MR) is 125 cm³/mol. The molecule has 1 saturated heterocycles. The van der Waals surface area contributed by atoms with Gasteiger partial charge in [-0.25, -0.2) is 9.97 Å². The van der Waals surface area contributed by atoms with Gasteiger partial charge >= 0.3 is 0 Å². The number of morpholine rings is 1. The summed E-state index contributed by atoms with van der Waals surface area (Å²) in [6.45, 7) is 3.27. The Hall–Kier alpha value is -3.49. The zero-order valence-corrected chi connectivity index (χ0v) is 17.6. The van der Waals surface area contributed by atoms with Gasteiger partial charge in [0.2, 0.25) is 0 Å². The second kappa shape index (κ2) is 8.71. The van der Waals surface area contributed by atoms with E-state index in [0.29, 0.717) is 5.56 Å². The molecule has 0 unspecified atom stereocenters. The predicted octanol–water partition coefficient (Wildman–Crippen LogP) is 4.52. The Bertz CT molecular complexity index is 1190. The van der Waals surface area contributed by atoms with Crippen LogP contribution in [0.25, 0.3) is 10.2 Å². The van der Waals surface area contributed by atoms with E-state index >= 15 is 0 Å². The van der Waals surface area contributed by atoms with E-state index in [1.165, 1.54) is 11.3 Å². The van der Waals surface area contributed by atoms with Crippen molar-refractivity contribution in [2.75, 3.05) is 41.8 Å². The topological polar surface area (TPSA) is 79.4 Å². The van der Waals surface area contributed by atoms with Crippen LogP contribution in [0, 0.1) is 0 Å². The van der Waals surface area contributed by atoms with Gasteiger partial charge in [-0.2, -0.15) is 0 Å². The van der Waals surface area contributed by atoms with Crippen molar-refractivity contribution in [2.45, 2.75) is 0 Å². The maximum Gasteiger partial charge on any atom is 0.255 e. The van der Waals surface area contributed by atoms with Crippen LogP contribution in [0.2, 0.25) is 0 Å². The lowest BCUT2D eigenvalue weighted by Crippen LogP contribution is -2.36. The Morgan fingerprint density at radius 3 is 2.65 bits per heavy atom. The molecule has 2 aromatic heterocycles. The van der Waals surface area contributed by atoms with Crippen molar-refractivity contribution in [2.24, 2.45) is 0 Å². The zero-order valence-electron chi connectivity index (χ0n) is 16.7. The van der Waals surface area contributed by atoms with Gasteiger partial charge < -0.3 is 20.3 Å². The molecule has 5 rings (SSSR count). The Balaban J connectivity index is 1.28. The highest BCUT2D eigenvalue weighted by Crippen LogP contribution is 2.29. The van der Waals surface area contributed by atoms with E-state index in [0.717, 1.165) is 58.8 Å². The van der Waals surface area contributed by atoms with Gasteiger partial charge in [0.05, 0.1) is 23.4 Å². The zero-order chi connectivity index (χ0) is 21.0. The number of rotatable bonds is 5. The molecule has 0 spiro atoms. The smallest absolute Gasteiger partial charge is 0.255 e. The van der Waals surface area contributed by atoms with Crippen molar-refractivity contribution in [3.05, 3.63) is 72.4 Å². The van der Waals surface area contributed by atoms with Crippen molar-refractivity contribution in [1.29, 1.82) is 0 Å². The number of nitrogens with one attached hydrogen (secondary N) is 2. The number of hydrogen-bond acceptors (Lipinski definition) is 7. The number of carbonyl (C=O) groups is 1. The lowest BCUT2D eigenvalue weighted by atomic mass is 10.2. The van der Waals surface area contributed by atoms with Gasteiger partial charge in [0, 0.05) is 36.2 Å². The molecule has 0 atom stereocenters. The average Bonchev–Trinajstić information content (AvgIpc) is 3.22. The molecular formula is C23H21N5O2S. The number of anilines is 4. The number of amides is 1. The first kappa shape index (κ1) is 19.5. The van der Waals surface area contributed by atoms with E-state index in [4.69, 9.17) is 4.74 Å². The maximum atomic E-state index is 12.8. The van der Waals surface area contributed by atoms with Gasteiger partial charge in [0.25, 0.3) is 5.91 Å². The van der Waals surface area contributed by atoms with E-state index in [-0.39, 0.29) is 5.91 Å². The van der Waals surface area contributed by atoms with Crippen molar-refractivity contribution >= 4 is 49.8 Å². The van der Waals surface area contributed by atoms with E-state index in [1.807, 2.05) is 54.6 Å². The van der Waals surface area contributed by atoms with Crippen LogP contribution in [-0.4, -0.2) is 42.2 Å². The lowest BCUT2D eigenvalue weighted by molar-refractivity contribution is 0.102. The number of benzene rings is 2. The van der Waals surface area contributed by atoms with Crippen LogP contribution in [0.15, 0.2) is 66.9 Å².